The first-order valence-corrected chi connectivity index (χ1v) is 10.2. The summed E-state index contributed by atoms with van der Waals surface area (Å²) in [6, 6.07) is 16.4. The topological polar surface area (TPSA) is 81.7 Å². The maximum Gasteiger partial charge on any atom is 0.303 e. The van der Waals surface area contributed by atoms with Crippen LogP contribution in [0.25, 0.3) is 0 Å². The predicted octanol–water partition coefficient (Wildman–Crippen LogP) is 4.15. The third-order valence-corrected chi connectivity index (χ3v) is 5.31. The van der Waals surface area contributed by atoms with Gasteiger partial charge in [-0.15, -0.1) is 0 Å². The largest absolute Gasteiger partial charge is 0.481 e. The second-order valence-electron chi connectivity index (χ2n) is 7.71. The molecule has 3 rings (SSSR count). The summed E-state index contributed by atoms with van der Waals surface area (Å²) in [6.45, 7) is 4.97. The lowest BCUT2D eigenvalue weighted by Gasteiger charge is -2.32. The average Bonchev–Trinajstić information content (AvgIpc) is 2.73. The Morgan fingerprint density at radius 3 is 2.14 bits per heavy atom. The van der Waals surface area contributed by atoms with Crippen molar-refractivity contribution in [2.24, 2.45) is 5.92 Å². The zero-order chi connectivity index (χ0) is 20.6. The number of piperidine rings is 1. The molecule has 0 unspecified atom stereocenters. The summed E-state index contributed by atoms with van der Waals surface area (Å²) in [7, 11) is 0. The van der Waals surface area contributed by atoms with Crippen molar-refractivity contribution in [1.82, 2.24) is 5.32 Å². The molecule has 2 aromatic carbocycles. The number of nitrogens with zero attached hydrogens (tertiary/aromatic N) is 1. The van der Waals surface area contributed by atoms with Gasteiger partial charge in [0.25, 0.3) is 0 Å². The first-order chi connectivity index (χ1) is 14.0. The van der Waals surface area contributed by atoms with Crippen LogP contribution in [0.5, 0.6) is 0 Å². The molecule has 6 heteroatoms. The van der Waals surface area contributed by atoms with Crippen molar-refractivity contribution in [3.63, 3.8) is 0 Å². The summed E-state index contributed by atoms with van der Waals surface area (Å²) >= 11 is 0. The number of carboxylic acid groups (broad SMARTS) is 1. The Labute approximate surface area is 171 Å². The zero-order valence-electron chi connectivity index (χ0n) is 16.9. The number of carboxylic acids is 1. The average molecular weight is 396 g/mol. The molecule has 3 N–H and O–H groups in total. The Kier molecular flexibility index (Phi) is 7.11. The van der Waals surface area contributed by atoms with E-state index >= 15 is 0 Å². The van der Waals surface area contributed by atoms with E-state index in [0.29, 0.717) is 6.54 Å². The van der Waals surface area contributed by atoms with Gasteiger partial charge in [-0.2, -0.15) is 0 Å². The van der Waals surface area contributed by atoms with Gasteiger partial charge in [0.15, 0.2) is 0 Å². The molecule has 1 saturated heterocycles. The van der Waals surface area contributed by atoms with Gasteiger partial charge >= 0.3 is 5.97 Å². The number of hydrogen-bond acceptors (Lipinski definition) is 4. The minimum Gasteiger partial charge on any atom is -0.481 e. The van der Waals surface area contributed by atoms with Gasteiger partial charge in [-0.3, -0.25) is 9.59 Å². The Balaban J connectivity index is 1.48. The number of benzene rings is 2. The van der Waals surface area contributed by atoms with Crippen LogP contribution in [0.15, 0.2) is 48.5 Å². The zero-order valence-corrected chi connectivity index (χ0v) is 16.9. The molecule has 1 fully saturated rings. The third-order valence-electron chi connectivity index (χ3n) is 5.31. The van der Waals surface area contributed by atoms with Crippen LogP contribution in [0.4, 0.5) is 17.1 Å². The molecule has 0 atom stereocenters. The van der Waals surface area contributed by atoms with Gasteiger partial charge < -0.3 is 20.6 Å². The van der Waals surface area contributed by atoms with Crippen molar-refractivity contribution in [2.75, 3.05) is 23.3 Å². The molecule has 0 aromatic heterocycles. The maximum absolute atomic E-state index is 11.6. The summed E-state index contributed by atoms with van der Waals surface area (Å²) < 4.78 is 0. The van der Waals surface area contributed by atoms with Crippen LogP contribution < -0.4 is 15.5 Å². The maximum atomic E-state index is 11.6. The number of anilines is 3. The lowest BCUT2D eigenvalue weighted by molar-refractivity contribution is -0.138. The van der Waals surface area contributed by atoms with E-state index in [1.807, 2.05) is 24.3 Å². The monoisotopic (exact) mass is 395 g/mol. The summed E-state index contributed by atoms with van der Waals surface area (Å²) in [5, 5.41) is 14.7. The van der Waals surface area contributed by atoms with Gasteiger partial charge in [-0.25, -0.2) is 0 Å². The van der Waals surface area contributed by atoms with E-state index in [-0.39, 0.29) is 18.7 Å². The van der Waals surface area contributed by atoms with E-state index in [2.05, 4.69) is 46.7 Å². The molecule has 1 heterocycles. The highest BCUT2D eigenvalue weighted by Gasteiger charge is 2.15. The number of carbonyl (C=O) groups excluding carboxylic acids is 1. The van der Waals surface area contributed by atoms with Crippen LogP contribution in [0.1, 0.15) is 38.2 Å². The molecule has 0 spiro atoms. The van der Waals surface area contributed by atoms with Gasteiger partial charge in [0.05, 0.1) is 6.42 Å². The van der Waals surface area contributed by atoms with E-state index in [4.69, 9.17) is 5.11 Å². The Hall–Kier alpha value is -3.02. The smallest absolute Gasteiger partial charge is 0.303 e. The van der Waals surface area contributed by atoms with Crippen LogP contribution >= 0.6 is 0 Å². The summed E-state index contributed by atoms with van der Waals surface area (Å²) in [4.78, 5) is 24.5. The molecule has 154 valence electrons. The standard InChI is InChI=1S/C23H29N3O3/c1-17-12-14-26(15-13-17)21-8-6-20(7-9-21)25-19-4-2-18(3-5-19)16-24-22(27)10-11-23(28)29/h2-9,17,25H,10-16H2,1H3,(H,24,27)(H,28,29). The van der Waals surface area contributed by atoms with Gasteiger partial charge in [-0.1, -0.05) is 19.1 Å². The second-order valence-corrected chi connectivity index (χ2v) is 7.71. The first kappa shape index (κ1) is 20.7. The molecule has 0 saturated carbocycles. The fourth-order valence-corrected chi connectivity index (χ4v) is 3.40. The molecular formula is C23H29N3O3. The summed E-state index contributed by atoms with van der Waals surface area (Å²) in [5.74, 6) is -0.389. The molecular weight excluding hydrogens is 366 g/mol. The highest BCUT2D eigenvalue weighted by atomic mass is 16.4. The van der Waals surface area contributed by atoms with E-state index in [1.165, 1.54) is 18.5 Å². The second kappa shape index (κ2) is 9.96. The highest BCUT2D eigenvalue weighted by Crippen LogP contribution is 2.25. The van der Waals surface area contributed by atoms with Crippen molar-refractivity contribution >= 4 is 28.9 Å². The van der Waals surface area contributed by atoms with E-state index in [9.17, 15) is 9.59 Å². The van der Waals surface area contributed by atoms with Crippen LogP contribution in [0.3, 0.4) is 0 Å². The van der Waals surface area contributed by atoms with Gasteiger partial charge in [0, 0.05) is 43.1 Å². The van der Waals surface area contributed by atoms with E-state index < -0.39 is 5.97 Å². The molecule has 29 heavy (non-hydrogen) atoms. The van der Waals surface area contributed by atoms with Crippen LogP contribution in [0, 0.1) is 5.92 Å². The molecule has 0 radical (unpaired) electrons. The molecule has 2 aromatic rings. The molecule has 1 amide bonds. The fraction of sp³-hybridized carbons (Fsp3) is 0.391. The molecule has 1 aliphatic heterocycles. The minimum atomic E-state index is -0.964. The molecule has 6 nitrogen and oxygen atoms in total. The van der Waals surface area contributed by atoms with Crippen LogP contribution in [0.2, 0.25) is 0 Å². The number of aliphatic carboxylic acids is 1. The Bertz CT molecular complexity index is 810. The minimum absolute atomic E-state index is 0.00141. The SMILES string of the molecule is CC1CCN(c2ccc(Nc3ccc(CNC(=O)CCC(=O)O)cc3)cc2)CC1. The predicted molar refractivity (Wildman–Crippen MR) is 115 cm³/mol. The van der Waals surface area contributed by atoms with E-state index in [1.54, 1.807) is 0 Å². The van der Waals surface area contributed by atoms with Gasteiger partial charge in [-0.05, 0) is 60.7 Å². The van der Waals surface area contributed by atoms with Crippen molar-refractivity contribution in [3.05, 3.63) is 54.1 Å². The lowest BCUT2D eigenvalue weighted by Crippen LogP contribution is -2.32. The summed E-state index contributed by atoms with van der Waals surface area (Å²) in [6.07, 6.45) is 2.37. The van der Waals surface area contributed by atoms with Crippen molar-refractivity contribution in [2.45, 2.75) is 39.2 Å². The summed E-state index contributed by atoms with van der Waals surface area (Å²) in [5.41, 5.74) is 4.25. The van der Waals surface area contributed by atoms with Crippen LogP contribution in [-0.2, 0) is 16.1 Å². The number of hydrogen-bond donors (Lipinski definition) is 3. The number of amides is 1. The van der Waals surface area contributed by atoms with Gasteiger partial charge in [0.2, 0.25) is 5.91 Å². The quantitative estimate of drug-likeness (QED) is 0.626. The Morgan fingerprint density at radius 1 is 0.966 bits per heavy atom. The highest BCUT2D eigenvalue weighted by molar-refractivity contribution is 5.80. The van der Waals surface area contributed by atoms with Crippen LogP contribution in [-0.4, -0.2) is 30.1 Å². The third kappa shape index (κ3) is 6.52. The fourth-order valence-electron chi connectivity index (χ4n) is 3.40. The lowest BCUT2D eigenvalue weighted by atomic mass is 9.99. The number of rotatable bonds is 8. The van der Waals surface area contributed by atoms with Crippen molar-refractivity contribution in [1.29, 1.82) is 0 Å². The molecule has 0 aliphatic carbocycles. The molecule has 0 bridgehead atoms. The normalized spacial score (nSPS) is 14.4. The van der Waals surface area contributed by atoms with Crippen molar-refractivity contribution in [3.8, 4) is 0 Å². The Morgan fingerprint density at radius 2 is 1.55 bits per heavy atom. The number of carbonyl (C=O) groups is 2. The molecule has 1 aliphatic rings. The first-order valence-electron chi connectivity index (χ1n) is 10.2. The van der Waals surface area contributed by atoms with E-state index in [0.717, 1.165) is 35.9 Å². The van der Waals surface area contributed by atoms with Gasteiger partial charge in [0.1, 0.15) is 0 Å². The van der Waals surface area contributed by atoms with Crippen molar-refractivity contribution < 1.29 is 14.7 Å². The number of nitrogens with one attached hydrogen (secondary N) is 2.